The van der Waals surface area contributed by atoms with Gasteiger partial charge in [-0.1, -0.05) is 6.92 Å². The summed E-state index contributed by atoms with van der Waals surface area (Å²) in [6.45, 7) is 2.30. The maximum Gasteiger partial charge on any atom is 0.0270 e. The number of nitrogens with zero attached hydrogens (tertiary/aromatic N) is 3. The molecule has 3 rings (SSSR count). The lowest BCUT2D eigenvalue weighted by atomic mass is 9.83. The third-order valence-electron chi connectivity index (χ3n) is 4.62. The van der Waals surface area contributed by atoms with E-state index < -0.39 is 0 Å². The van der Waals surface area contributed by atoms with E-state index in [1.165, 1.54) is 16.7 Å². The van der Waals surface area contributed by atoms with Crippen LogP contribution in [0, 0.1) is 0 Å². The normalized spacial score (nSPS) is 13.4. The SMILES string of the molecule is CC(CC(CCc1ccncc1)c1ccncc1)c1ccncc1. The van der Waals surface area contributed by atoms with Crippen molar-refractivity contribution < 1.29 is 0 Å². The number of aromatic nitrogens is 3. The summed E-state index contributed by atoms with van der Waals surface area (Å²) in [6.07, 6.45) is 14.6. The summed E-state index contributed by atoms with van der Waals surface area (Å²) in [5.74, 6) is 1.02. The molecule has 0 aliphatic rings. The van der Waals surface area contributed by atoms with Crippen molar-refractivity contribution in [2.45, 2.75) is 38.0 Å². The third kappa shape index (κ3) is 4.48. The molecular weight excluding hydrogens is 294 g/mol. The van der Waals surface area contributed by atoms with Gasteiger partial charge >= 0.3 is 0 Å². The van der Waals surface area contributed by atoms with Gasteiger partial charge in [-0.3, -0.25) is 15.0 Å². The smallest absolute Gasteiger partial charge is 0.0270 e. The fourth-order valence-electron chi connectivity index (χ4n) is 3.20. The monoisotopic (exact) mass is 317 g/mol. The molecule has 3 heterocycles. The van der Waals surface area contributed by atoms with Gasteiger partial charge in [0.15, 0.2) is 0 Å². The number of rotatable bonds is 7. The second-order valence-corrected chi connectivity index (χ2v) is 6.29. The molecule has 2 atom stereocenters. The summed E-state index contributed by atoms with van der Waals surface area (Å²) in [6, 6.07) is 12.8. The minimum atomic E-state index is 0.503. The van der Waals surface area contributed by atoms with Crippen LogP contribution in [0.3, 0.4) is 0 Å². The van der Waals surface area contributed by atoms with Gasteiger partial charge in [-0.2, -0.15) is 0 Å². The summed E-state index contributed by atoms with van der Waals surface area (Å²) in [4.78, 5) is 12.4. The molecule has 0 fully saturated rings. The van der Waals surface area contributed by atoms with E-state index in [1.807, 2.05) is 37.2 Å². The molecule has 0 aliphatic carbocycles. The van der Waals surface area contributed by atoms with Crippen molar-refractivity contribution in [1.29, 1.82) is 0 Å². The fraction of sp³-hybridized carbons (Fsp3) is 0.286. The van der Waals surface area contributed by atoms with Crippen LogP contribution in [0.25, 0.3) is 0 Å². The second kappa shape index (κ2) is 8.34. The molecule has 0 radical (unpaired) electrons. The van der Waals surface area contributed by atoms with Crippen molar-refractivity contribution in [3.05, 3.63) is 90.3 Å². The van der Waals surface area contributed by atoms with E-state index in [4.69, 9.17) is 0 Å². The average molecular weight is 317 g/mol. The van der Waals surface area contributed by atoms with E-state index in [9.17, 15) is 0 Å². The highest BCUT2D eigenvalue weighted by molar-refractivity contribution is 5.21. The van der Waals surface area contributed by atoms with Crippen LogP contribution < -0.4 is 0 Å². The highest BCUT2D eigenvalue weighted by atomic mass is 14.6. The van der Waals surface area contributed by atoms with Gasteiger partial charge in [0.05, 0.1) is 0 Å². The number of aryl methyl sites for hydroxylation is 1. The van der Waals surface area contributed by atoms with E-state index in [0.717, 1.165) is 19.3 Å². The zero-order valence-electron chi connectivity index (χ0n) is 14.0. The minimum Gasteiger partial charge on any atom is -0.265 e. The first-order valence-corrected chi connectivity index (χ1v) is 8.51. The predicted molar refractivity (Wildman–Crippen MR) is 96.8 cm³/mol. The molecule has 3 heteroatoms. The molecule has 3 aromatic rings. The van der Waals surface area contributed by atoms with Crippen molar-refractivity contribution in [1.82, 2.24) is 15.0 Å². The van der Waals surface area contributed by atoms with Gasteiger partial charge in [0.25, 0.3) is 0 Å². The molecule has 0 aliphatic heterocycles. The van der Waals surface area contributed by atoms with Crippen LogP contribution >= 0.6 is 0 Å². The van der Waals surface area contributed by atoms with Crippen LogP contribution in [0.5, 0.6) is 0 Å². The summed E-state index contributed by atoms with van der Waals surface area (Å²) in [5, 5.41) is 0. The highest BCUT2D eigenvalue weighted by Gasteiger charge is 2.17. The first-order chi connectivity index (χ1) is 11.8. The van der Waals surface area contributed by atoms with E-state index in [-0.39, 0.29) is 0 Å². The molecule has 0 amide bonds. The molecule has 0 aromatic carbocycles. The highest BCUT2D eigenvalue weighted by Crippen LogP contribution is 2.32. The lowest BCUT2D eigenvalue weighted by Gasteiger charge is -2.22. The molecule has 3 nitrogen and oxygen atoms in total. The van der Waals surface area contributed by atoms with Crippen LogP contribution in [0.4, 0.5) is 0 Å². The van der Waals surface area contributed by atoms with Gasteiger partial charge < -0.3 is 0 Å². The predicted octanol–water partition coefficient (Wildman–Crippen LogP) is 4.78. The van der Waals surface area contributed by atoms with Crippen molar-refractivity contribution in [2.75, 3.05) is 0 Å². The zero-order valence-corrected chi connectivity index (χ0v) is 14.0. The van der Waals surface area contributed by atoms with Crippen LogP contribution in [-0.2, 0) is 6.42 Å². The van der Waals surface area contributed by atoms with Crippen molar-refractivity contribution in [2.24, 2.45) is 0 Å². The Morgan fingerprint density at radius 1 is 0.708 bits per heavy atom. The van der Waals surface area contributed by atoms with Gasteiger partial charge in [-0.15, -0.1) is 0 Å². The quantitative estimate of drug-likeness (QED) is 0.629. The molecule has 0 saturated carbocycles. The molecule has 0 N–H and O–H groups in total. The van der Waals surface area contributed by atoms with Crippen molar-refractivity contribution >= 4 is 0 Å². The van der Waals surface area contributed by atoms with Crippen LogP contribution in [0.1, 0.15) is 48.3 Å². The van der Waals surface area contributed by atoms with Crippen molar-refractivity contribution in [3.63, 3.8) is 0 Å². The van der Waals surface area contributed by atoms with Crippen LogP contribution in [0.15, 0.2) is 73.6 Å². The maximum absolute atomic E-state index is 4.17. The largest absolute Gasteiger partial charge is 0.265 e. The molecule has 0 bridgehead atoms. The molecule has 0 spiro atoms. The van der Waals surface area contributed by atoms with E-state index in [2.05, 4.69) is 58.3 Å². The lowest BCUT2D eigenvalue weighted by molar-refractivity contribution is 0.524. The Hall–Kier alpha value is -2.55. The molecule has 122 valence electrons. The van der Waals surface area contributed by atoms with Gasteiger partial charge in [0.1, 0.15) is 0 Å². The summed E-state index contributed by atoms with van der Waals surface area (Å²) < 4.78 is 0. The maximum atomic E-state index is 4.17. The third-order valence-corrected chi connectivity index (χ3v) is 4.62. The first kappa shape index (κ1) is 16.3. The fourth-order valence-corrected chi connectivity index (χ4v) is 3.20. The number of hydrogen-bond acceptors (Lipinski definition) is 3. The number of pyridine rings is 3. The molecule has 2 unspecified atom stereocenters. The Morgan fingerprint density at radius 3 is 1.79 bits per heavy atom. The van der Waals surface area contributed by atoms with Gasteiger partial charge in [-0.05, 0) is 84.2 Å². The summed E-state index contributed by atoms with van der Waals surface area (Å²) in [7, 11) is 0. The zero-order chi connectivity index (χ0) is 16.6. The Morgan fingerprint density at radius 2 is 1.21 bits per heavy atom. The van der Waals surface area contributed by atoms with E-state index in [0.29, 0.717) is 11.8 Å². The van der Waals surface area contributed by atoms with E-state index in [1.54, 1.807) is 0 Å². The van der Waals surface area contributed by atoms with Crippen LogP contribution in [0.2, 0.25) is 0 Å². The Kier molecular flexibility index (Phi) is 5.67. The Bertz CT molecular complexity index is 714. The first-order valence-electron chi connectivity index (χ1n) is 8.51. The van der Waals surface area contributed by atoms with Gasteiger partial charge in [0.2, 0.25) is 0 Å². The van der Waals surface area contributed by atoms with Gasteiger partial charge in [0, 0.05) is 37.2 Å². The van der Waals surface area contributed by atoms with Crippen LogP contribution in [-0.4, -0.2) is 15.0 Å². The average Bonchev–Trinajstić information content (AvgIpc) is 2.67. The summed E-state index contributed by atoms with van der Waals surface area (Å²) >= 11 is 0. The Balaban J connectivity index is 1.72. The van der Waals surface area contributed by atoms with E-state index >= 15 is 0 Å². The topological polar surface area (TPSA) is 38.7 Å². The number of hydrogen-bond donors (Lipinski definition) is 0. The Labute approximate surface area is 143 Å². The molecular formula is C21H23N3. The molecule has 3 aromatic heterocycles. The van der Waals surface area contributed by atoms with Gasteiger partial charge in [-0.25, -0.2) is 0 Å². The molecule has 24 heavy (non-hydrogen) atoms. The summed E-state index contributed by atoms with van der Waals surface area (Å²) in [5.41, 5.74) is 4.08. The standard InChI is InChI=1S/C21H23N3/c1-17(19-6-12-23-13-7-19)16-21(20-8-14-24-15-9-20)3-2-18-4-10-22-11-5-18/h4-15,17,21H,2-3,16H2,1H3. The van der Waals surface area contributed by atoms with Crippen molar-refractivity contribution in [3.8, 4) is 0 Å². The lowest BCUT2D eigenvalue weighted by Crippen LogP contribution is -2.06. The second-order valence-electron chi connectivity index (χ2n) is 6.29. The minimum absolute atomic E-state index is 0.503. The molecule has 0 saturated heterocycles.